The van der Waals surface area contributed by atoms with E-state index in [-0.39, 0.29) is 11.8 Å². The van der Waals surface area contributed by atoms with E-state index in [2.05, 4.69) is 29.4 Å². The smallest absolute Gasteiger partial charge is 0.319 e. The van der Waals surface area contributed by atoms with E-state index in [0.717, 1.165) is 19.5 Å². The van der Waals surface area contributed by atoms with Gasteiger partial charge in [-0.3, -0.25) is 4.90 Å². The number of ether oxygens (including phenoxy) is 1. The number of rotatable bonds is 6. The number of halogens is 1. The minimum atomic E-state index is -0.495. The van der Waals surface area contributed by atoms with Gasteiger partial charge in [0.1, 0.15) is 0 Å². The van der Waals surface area contributed by atoms with E-state index in [4.69, 9.17) is 4.74 Å². The molecule has 24 heavy (non-hydrogen) atoms. The van der Waals surface area contributed by atoms with Crippen LogP contribution in [0, 0.1) is 11.7 Å². The van der Waals surface area contributed by atoms with Gasteiger partial charge in [0.2, 0.25) is 0 Å². The number of urea groups is 1. The van der Waals surface area contributed by atoms with Crippen molar-refractivity contribution < 1.29 is 13.9 Å². The number of likely N-dealkylation sites (tertiary alicyclic amines) is 1. The number of amides is 2. The topological polar surface area (TPSA) is 53.6 Å². The molecule has 1 aromatic carbocycles. The Labute approximate surface area is 143 Å². The van der Waals surface area contributed by atoms with Crippen LogP contribution in [0.2, 0.25) is 0 Å². The molecule has 0 bridgehead atoms. The van der Waals surface area contributed by atoms with Crippen LogP contribution in [0.5, 0.6) is 5.75 Å². The first-order chi connectivity index (χ1) is 11.5. The molecule has 6 heteroatoms. The van der Waals surface area contributed by atoms with Gasteiger partial charge in [-0.25, -0.2) is 9.18 Å². The maximum atomic E-state index is 13.6. The summed E-state index contributed by atoms with van der Waals surface area (Å²) < 4.78 is 18.5. The van der Waals surface area contributed by atoms with Crippen molar-refractivity contribution in [3.05, 3.63) is 24.0 Å². The fourth-order valence-corrected chi connectivity index (χ4v) is 3.13. The minimum Gasteiger partial charge on any atom is -0.494 e. The van der Waals surface area contributed by atoms with Crippen LogP contribution >= 0.6 is 0 Å². The Morgan fingerprint density at radius 3 is 2.88 bits per heavy atom. The minimum absolute atomic E-state index is 0.160. The highest BCUT2D eigenvalue weighted by Crippen LogP contribution is 2.21. The molecule has 5 nitrogen and oxygen atoms in total. The molecule has 0 aromatic heterocycles. The lowest BCUT2D eigenvalue weighted by Crippen LogP contribution is -2.48. The average Bonchev–Trinajstić information content (AvgIpc) is 2.54. The Morgan fingerprint density at radius 2 is 2.21 bits per heavy atom. The summed E-state index contributed by atoms with van der Waals surface area (Å²) in [6.07, 6.45) is 3.52. The number of methoxy groups -OCH3 is 1. The number of hydrogen-bond acceptors (Lipinski definition) is 3. The van der Waals surface area contributed by atoms with Crippen molar-refractivity contribution in [2.75, 3.05) is 32.1 Å². The van der Waals surface area contributed by atoms with Crippen LogP contribution < -0.4 is 15.4 Å². The highest BCUT2D eigenvalue weighted by atomic mass is 19.1. The standard InChI is InChI=1S/C18H28FN3O2/c1-13(2)12-22-9-5-4-6-15(22)11-20-18(23)21-14-7-8-17(24-3)16(19)10-14/h7-8,10,13,15H,4-6,9,11-12H2,1-3H3,(H2,20,21,23). The number of nitrogens with zero attached hydrogens (tertiary/aromatic N) is 1. The second-order valence-electron chi connectivity index (χ2n) is 6.72. The maximum absolute atomic E-state index is 13.6. The van der Waals surface area contributed by atoms with Crippen LogP contribution in [0.3, 0.4) is 0 Å². The molecular formula is C18H28FN3O2. The maximum Gasteiger partial charge on any atom is 0.319 e. The van der Waals surface area contributed by atoms with E-state index in [1.54, 1.807) is 6.07 Å². The summed E-state index contributed by atoms with van der Waals surface area (Å²) in [5, 5.41) is 5.57. The van der Waals surface area contributed by atoms with Gasteiger partial charge in [0.25, 0.3) is 0 Å². The third kappa shape index (κ3) is 5.37. The van der Waals surface area contributed by atoms with Gasteiger partial charge in [0, 0.05) is 30.9 Å². The summed E-state index contributed by atoms with van der Waals surface area (Å²) in [5.74, 6) is 0.278. The third-order valence-electron chi connectivity index (χ3n) is 4.26. The van der Waals surface area contributed by atoms with Crippen LogP contribution in [0.1, 0.15) is 33.1 Å². The molecule has 1 fully saturated rings. The molecule has 1 atom stereocenters. The van der Waals surface area contributed by atoms with Gasteiger partial charge < -0.3 is 15.4 Å². The van der Waals surface area contributed by atoms with Gasteiger partial charge in [-0.15, -0.1) is 0 Å². The van der Waals surface area contributed by atoms with Gasteiger partial charge in [0.05, 0.1) is 7.11 Å². The molecule has 1 aliphatic rings. The van der Waals surface area contributed by atoms with E-state index in [1.807, 2.05) is 0 Å². The van der Waals surface area contributed by atoms with Crippen LogP contribution in [0.25, 0.3) is 0 Å². The zero-order valence-electron chi connectivity index (χ0n) is 14.8. The van der Waals surface area contributed by atoms with Crippen molar-refractivity contribution in [2.45, 2.75) is 39.2 Å². The summed E-state index contributed by atoms with van der Waals surface area (Å²) in [5.41, 5.74) is 0.411. The molecule has 1 saturated heterocycles. The number of carbonyl (C=O) groups is 1. The number of piperidine rings is 1. The molecule has 1 heterocycles. The molecule has 2 rings (SSSR count). The van der Waals surface area contributed by atoms with E-state index < -0.39 is 5.82 Å². The Kier molecular flexibility index (Phi) is 6.85. The monoisotopic (exact) mass is 337 g/mol. The third-order valence-corrected chi connectivity index (χ3v) is 4.26. The summed E-state index contributed by atoms with van der Waals surface area (Å²) in [7, 11) is 1.41. The molecule has 0 saturated carbocycles. The molecule has 2 amide bonds. The molecule has 0 spiro atoms. The number of anilines is 1. The number of nitrogens with one attached hydrogen (secondary N) is 2. The zero-order valence-corrected chi connectivity index (χ0v) is 14.8. The fraction of sp³-hybridized carbons (Fsp3) is 0.611. The Bertz CT molecular complexity index is 551. The SMILES string of the molecule is COc1ccc(NC(=O)NCC2CCCCN2CC(C)C)cc1F. The number of hydrogen-bond donors (Lipinski definition) is 2. The summed E-state index contributed by atoms with van der Waals surface area (Å²) in [6, 6.07) is 4.43. The first-order valence-electron chi connectivity index (χ1n) is 8.62. The molecule has 1 unspecified atom stereocenters. The molecule has 1 aliphatic heterocycles. The van der Waals surface area contributed by atoms with Crippen molar-refractivity contribution in [1.82, 2.24) is 10.2 Å². The summed E-state index contributed by atoms with van der Waals surface area (Å²) >= 11 is 0. The van der Waals surface area contributed by atoms with E-state index in [0.29, 0.717) is 24.2 Å². The fourth-order valence-electron chi connectivity index (χ4n) is 3.13. The van der Waals surface area contributed by atoms with Crippen molar-refractivity contribution in [3.63, 3.8) is 0 Å². The molecule has 1 aromatic rings. The first-order valence-corrected chi connectivity index (χ1v) is 8.62. The lowest BCUT2D eigenvalue weighted by molar-refractivity contribution is 0.131. The average molecular weight is 337 g/mol. The summed E-state index contributed by atoms with van der Waals surface area (Å²) in [4.78, 5) is 14.5. The number of carbonyl (C=O) groups excluding carboxylic acids is 1. The van der Waals surface area contributed by atoms with Crippen molar-refractivity contribution in [1.29, 1.82) is 0 Å². The van der Waals surface area contributed by atoms with Gasteiger partial charge in [0.15, 0.2) is 11.6 Å². The second-order valence-corrected chi connectivity index (χ2v) is 6.72. The Hall–Kier alpha value is -1.82. The van der Waals surface area contributed by atoms with E-state index in [9.17, 15) is 9.18 Å². The van der Waals surface area contributed by atoms with Gasteiger partial charge in [-0.1, -0.05) is 20.3 Å². The normalized spacial score (nSPS) is 18.5. The van der Waals surface area contributed by atoms with Crippen LogP contribution in [0.15, 0.2) is 18.2 Å². The predicted molar refractivity (Wildman–Crippen MR) is 94.0 cm³/mol. The van der Waals surface area contributed by atoms with Gasteiger partial charge in [-0.05, 0) is 37.4 Å². The molecule has 0 aliphatic carbocycles. The van der Waals surface area contributed by atoms with Crippen LogP contribution in [-0.4, -0.2) is 43.7 Å². The highest BCUT2D eigenvalue weighted by Gasteiger charge is 2.23. The van der Waals surface area contributed by atoms with Crippen LogP contribution in [0.4, 0.5) is 14.9 Å². The largest absolute Gasteiger partial charge is 0.494 e. The van der Waals surface area contributed by atoms with Crippen LogP contribution in [-0.2, 0) is 0 Å². The lowest BCUT2D eigenvalue weighted by atomic mass is 10.0. The van der Waals surface area contributed by atoms with Crippen molar-refractivity contribution >= 4 is 11.7 Å². The molecular weight excluding hydrogens is 309 g/mol. The Balaban J connectivity index is 1.84. The molecule has 134 valence electrons. The highest BCUT2D eigenvalue weighted by molar-refractivity contribution is 5.89. The lowest BCUT2D eigenvalue weighted by Gasteiger charge is -2.36. The van der Waals surface area contributed by atoms with Gasteiger partial charge in [-0.2, -0.15) is 0 Å². The predicted octanol–water partition coefficient (Wildman–Crippen LogP) is 3.47. The molecule has 0 radical (unpaired) electrons. The van der Waals surface area contributed by atoms with Crippen molar-refractivity contribution in [3.8, 4) is 5.75 Å². The summed E-state index contributed by atoms with van der Waals surface area (Å²) in [6.45, 7) is 7.18. The quantitative estimate of drug-likeness (QED) is 0.836. The van der Waals surface area contributed by atoms with Crippen molar-refractivity contribution in [2.24, 2.45) is 5.92 Å². The first kappa shape index (κ1) is 18.5. The zero-order chi connectivity index (χ0) is 17.5. The second kappa shape index (κ2) is 8.87. The molecule has 2 N–H and O–H groups in total. The van der Waals surface area contributed by atoms with E-state index >= 15 is 0 Å². The van der Waals surface area contributed by atoms with Gasteiger partial charge >= 0.3 is 6.03 Å². The number of benzene rings is 1. The Morgan fingerprint density at radius 1 is 1.42 bits per heavy atom. The van der Waals surface area contributed by atoms with E-state index in [1.165, 1.54) is 32.1 Å².